The van der Waals surface area contributed by atoms with Crippen LogP contribution in [0, 0.1) is 0 Å². The number of ether oxygens (including phenoxy) is 2. The van der Waals surface area contributed by atoms with E-state index in [1.807, 2.05) is 19.2 Å². The molecule has 0 spiro atoms. The maximum Gasteiger partial charge on any atom is 1.00 e. The average molecular weight is 185 g/mol. The van der Waals surface area contributed by atoms with E-state index in [1.165, 1.54) is 5.56 Å². The van der Waals surface area contributed by atoms with Crippen molar-refractivity contribution in [3.05, 3.63) is 29.1 Å². The molecule has 3 nitrogen and oxygen atoms in total. The first-order valence-corrected chi connectivity index (χ1v) is 4.34. The molecule has 0 saturated carbocycles. The molecule has 1 aliphatic rings. The van der Waals surface area contributed by atoms with Gasteiger partial charge in [0.2, 0.25) is 6.79 Å². The van der Waals surface area contributed by atoms with Gasteiger partial charge in [-0.25, -0.2) is 0 Å². The maximum atomic E-state index is 5.27. The van der Waals surface area contributed by atoms with Crippen LogP contribution in [0.25, 0.3) is 5.32 Å². The SMILES string of the molecule is C[N-]CCc1ccc2c(c1)OCO2.[Li+]. The summed E-state index contributed by atoms with van der Waals surface area (Å²) in [5.41, 5.74) is 1.25. The molecule has 0 atom stereocenters. The van der Waals surface area contributed by atoms with Crippen LogP contribution in [0.4, 0.5) is 0 Å². The van der Waals surface area contributed by atoms with Gasteiger partial charge < -0.3 is 14.8 Å². The molecule has 1 aliphatic heterocycles. The van der Waals surface area contributed by atoms with Crippen LogP contribution in [0.5, 0.6) is 11.5 Å². The number of fused-ring (bicyclic) bond motifs is 1. The minimum Gasteiger partial charge on any atom is -0.665 e. The predicted molar refractivity (Wildman–Crippen MR) is 50.4 cm³/mol. The van der Waals surface area contributed by atoms with Gasteiger partial charge in [0.1, 0.15) is 0 Å². The van der Waals surface area contributed by atoms with Crippen LogP contribution in [0.15, 0.2) is 18.2 Å². The van der Waals surface area contributed by atoms with Crippen LogP contribution < -0.4 is 28.3 Å². The summed E-state index contributed by atoms with van der Waals surface area (Å²) in [4.78, 5) is 0. The molecular weight excluding hydrogens is 173 g/mol. The molecule has 1 heterocycles. The molecule has 0 aliphatic carbocycles. The van der Waals surface area contributed by atoms with Crippen LogP contribution in [-0.2, 0) is 6.42 Å². The first kappa shape index (κ1) is 11.5. The summed E-state index contributed by atoms with van der Waals surface area (Å²) < 4.78 is 10.5. The Labute approximate surface area is 96.0 Å². The van der Waals surface area contributed by atoms with E-state index >= 15 is 0 Å². The zero-order valence-corrected chi connectivity index (χ0v) is 8.62. The third kappa shape index (κ3) is 2.45. The zero-order chi connectivity index (χ0) is 9.10. The van der Waals surface area contributed by atoms with E-state index in [4.69, 9.17) is 9.47 Å². The third-order valence-corrected chi connectivity index (χ3v) is 2.06. The van der Waals surface area contributed by atoms with E-state index in [9.17, 15) is 0 Å². The number of rotatable bonds is 3. The van der Waals surface area contributed by atoms with Crippen molar-refractivity contribution in [3.63, 3.8) is 0 Å². The number of hydrogen-bond donors (Lipinski definition) is 0. The normalized spacial score (nSPS) is 12.4. The van der Waals surface area contributed by atoms with Crippen molar-refractivity contribution < 1.29 is 28.3 Å². The average Bonchev–Trinajstić information content (AvgIpc) is 2.61. The summed E-state index contributed by atoms with van der Waals surface area (Å²) in [7, 11) is 1.83. The molecule has 1 aromatic rings. The van der Waals surface area contributed by atoms with Gasteiger partial charge >= 0.3 is 18.9 Å². The minimum atomic E-state index is 0. The van der Waals surface area contributed by atoms with Crippen molar-refractivity contribution in [1.29, 1.82) is 0 Å². The van der Waals surface area contributed by atoms with Gasteiger partial charge in [0.25, 0.3) is 0 Å². The summed E-state index contributed by atoms with van der Waals surface area (Å²) in [6, 6.07) is 6.03. The monoisotopic (exact) mass is 185 g/mol. The third-order valence-electron chi connectivity index (χ3n) is 2.06. The fraction of sp³-hybridized carbons (Fsp3) is 0.400. The molecule has 1 aromatic carbocycles. The van der Waals surface area contributed by atoms with E-state index in [2.05, 4.69) is 11.4 Å². The minimum absolute atomic E-state index is 0. The summed E-state index contributed by atoms with van der Waals surface area (Å²) in [5, 5.41) is 4.05. The second-order valence-corrected chi connectivity index (χ2v) is 2.98. The Hall–Kier alpha value is -0.623. The number of benzene rings is 1. The quantitative estimate of drug-likeness (QED) is 0.564. The summed E-state index contributed by atoms with van der Waals surface area (Å²) in [6.45, 7) is 1.20. The fourth-order valence-corrected chi connectivity index (χ4v) is 1.34. The van der Waals surface area contributed by atoms with Gasteiger partial charge in [-0.2, -0.15) is 7.05 Å². The smallest absolute Gasteiger partial charge is 0.665 e. The Morgan fingerprint density at radius 1 is 1.29 bits per heavy atom. The first-order valence-electron chi connectivity index (χ1n) is 4.34. The Morgan fingerprint density at radius 2 is 2.07 bits per heavy atom. The molecule has 0 unspecified atom stereocenters. The second-order valence-electron chi connectivity index (χ2n) is 2.98. The van der Waals surface area contributed by atoms with Crippen molar-refractivity contribution in [2.75, 3.05) is 20.4 Å². The summed E-state index contributed by atoms with van der Waals surface area (Å²) >= 11 is 0. The molecule has 2 rings (SSSR count). The largest absolute Gasteiger partial charge is 1.00 e. The first-order chi connectivity index (χ1) is 6.40. The molecule has 0 N–H and O–H groups in total. The fourth-order valence-electron chi connectivity index (χ4n) is 1.34. The topological polar surface area (TPSA) is 32.6 Å². The van der Waals surface area contributed by atoms with Crippen molar-refractivity contribution in [1.82, 2.24) is 0 Å². The van der Waals surface area contributed by atoms with Crippen molar-refractivity contribution in [3.8, 4) is 11.5 Å². The van der Waals surface area contributed by atoms with Gasteiger partial charge in [-0.15, -0.1) is 6.54 Å². The number of nitrogens with zero attached hydrogens (tertiary/aromatic N) is 1. The van der Waals surface area contributed by atoms with Gasteiger partial charge in [-0.1, -0.05) is 6.07 Å². The van der Waals surface area contributed by atoms with Crippen LogP contribution in [0.1, 0.15) is 5.56 Å². The molecule has 0 bridgehead atoms. The molecule has 0 fully saturated rings. The number of likely N-dealkylation sites (N-methyl/N-ethyl adjacent to an activating group) is 1. The molecule has 14 heavy (non-hydrogen) atoms. The Morgan fingerprint density at radius 3 is 2.86 bits per heavy atom. The Bertz CT molecular complexity index is 304. The standard InChI is InChI=1S/C10H12NO2.Li/c1-11-5-4-8-2-3-9-10(6-8)13-7-12-9;/h2-3,6H,4-5,7H2,1H3;/q-1;+1. The Balaban J connectivity index is 0.000000980. The molecule has 0 amide bonds. The van der Waals surface area contributed by atoms with E-state index in [1.54, 1.807) is 0 Å². The maximum absolute atomic E-state index is 5.27. The van der Waals surface area contributed by atoms with Crippen molar-refractivity contribution in [2.45, 2.75) is 6.42 Å². The van der Waals surface area contributed by atoms with Gasteiger partial charge in [-0.3, -0.25) is 0 Å². The van der Waals surface area contributed by atoms with Crippen LogP contribution in [-0.4, -0.2) is 20.4 Å². The van der Waals surface area contributed by atoms with Crippen LogP contribution in [0.2, 0.25) is 0 Å². The predicted octanol–water partition coefficient (Wildman–Crippen LogP) is -1.03. The van der Waals surface area contributed by atoms with Gasteiger partial charge in [-0.05, 0) is 24.1 Å². The van der Waals surface area contributed by atoms with E-state index in [0.717, 1.165) is 24.5 Å². The van der Waals surface area contributed by atoms with E-state index in [0.29, 0.717) is 6.79 Å². The molecule has 0 radical (unpaired) electrons. The molecule has 0 saturated heterocycles. The van der Waals surface area contributed by atoms with Gasteiger partial charge in [0, 0.05) is 0 Å². The summed E-state index contributed by atoms with van der Waals surface area (Å²) in [6.07, 6.45) is 0.965. The van der Waals surface area contributed by atoms with Crippen molar-refractivity contribution >= 4 is 0 Å². The molecule has 70 valence electrons. The molecular formula is C10H12LiNO2. The second kappa shape index (κ2) is 5.31. The van der Waals surface area contributed by atoms with E-state index < -0.39 is 0 Å². The van der Waals surface area contributed by atoms with E-state index in [-0.39, 0.29) is 18.9 Å². The van der Waals surface area contributed by atoms with Gasteiger partial charge in [0.05, 0.1) is 0 Å². The Kier molecular flexibility index (Phi) is 4.34. The van der Waals surface area contributed by atoms with Crippen LogP contribution >= 0.6 is 0 Å². The summed E-state index contributed by atoms with van der Waals surface area (Å²) in [5.74, 6) is 1.70. The number of hydrogen-bond acceptors (Lipinski definition) is 2. The van der Waals surface area contributed by atoms with Crippen molar-refractivity contribution in [2.24, 2.45) is 0 Å². The van der Waals surface area contributed by atoms with Gasteiger partial charge in [0.15, 0.2) is 11.5 Å². The molecule has 0 aromatic heterocycles. The molecule has 4 heteroatoms. The van der Waals surface area contributed by atoms with Crippen LogP contribution in [0.3, 0.4) is 0 Å². The zero-order valence-electron chi connectivity index (χ0n) is 8.62.